The highest BCUT2D eigenvalue weighted by atomic mass is 32.2. The van der Waals surface area contributed by atoms with Crippen LogP contribution in [0.5, 0.6) is 0 Å². The van der Waals surface area contributed by atoms with Gasteiger partial charge in [0.15, 0.2) is 5.82 Å². The molecule has 3 saturated carbocycles. The number of benzene rings is 1. The van der Waals surface area contributed by atoms with Gasteiger partial charge in [-0.25, -0.2) is 27.0 Å². The predicted molar refractivity (Wildman–Crippen MR) is 135 cm³/mol. The maximum Gasteiger partial charge on any atom is 0.501 e. The lowest BCUT2D eigenvalue weighted by Gasteiger charge is -2.63. The van der Waals surface area contributed by atoms with Crippen molar-refractivity contribution in [1.82, 2.24) is 25.0 Å². The summed E-state index contributed by atoms with van der Waals surface area (Å²) in [5.74, 6) is -1.05. The minimum atomic E-state index is -5.34. The van der Waals surface area contributed by atoms with Gasteiger partial charge in [-0.05, 0) is 55.7 Å². The molecule has 0 unspecified atom stereocenters. The highest BCUT2D eigenvalue weighted by Gasteiger charge is 2.59. The van der Waals surface area contributed by atoms with Crippen LogP contribution in [0.2, 0.25) is 0 Å². The van der Waals surface area contributed by atoms with E-state index in [9.17, 15) is 35.2 Å². The summed E-state index contributed by atoms with van der Waals surface area (Å²) in [4.78, 5) is 20.5. The Hall–Kier alpha value is -2.77. The van der Waals surface area contributed by atoms with Gasteiger partial charge in [0.2, 0.25) is 5.92 Å². The number of hydrogen-bond acceptors (Lipinski definition) is 5. The number of carbonyl (C=O) groups excluding carboxylic acids is 1. The molecule has 0 radical (unpaired) electrons. The molecule has 2 spiro atoms. The van der Waals surface area contributed by atoms with E-state index in [1.54, 1.807) is 0 Å². The molecule has 1 aromatic heterocycles. The molecule has 3 aliphatic carbocycles. The largest absolute Gasteiger partial charge is 0.501 e. The average Bonchev–Trinajstić information content (AvgIpc) is 3.25. The van der Waals surface area contributed by atoms with E-state index in [0.29, 0.717) is 44.3 Å². The lowest BCUT2D eigenvalue weighted by atomic mass is 9.56. The Morgan fingerprint density at radius 1 is 0.902 bits per heavy atom. The van der Waals surface area contributed by atoms with E-state index in [1.807, 2.05) is 9.80 Å². The first-order chi connectivity index (χ1) is 19.1. The van der Waals surface area contributed by atoms with Crippen LogP contribution in [0.15, 0.2) is 29.2 Å². The fourth-order valence-corrected chi connectivity index (χ4v) is 8.53. The molecule has 2 aromatic rings. The van der Waals surface area contributed by atoms with Crippen molar-refractivity contribution in [2.24, 2.45) is 16.7 Å². The summed E-state index contributed by atoms with van der Waals surface area (Å²) in [5, 5.41) is 7.09. The smallest absolute Gasteiger partial charge is 0.323 e. The van der Waals surface area contributed by atoms with Gasteiger partial charge in [-0.3, -0.25) is 5.10 Å². The monoisotopic (exact) mass is 599 g/mol. The Labute approximate surface area is 233 Å². The summed E-state index contributed by atoms with van der Waals surface area (Å²) in [5.41, 5.74) is -4.30. The molecule has 7 rings (SSSR count). The topological polar surface area (TPSA) is 99.3 Å². The van der Waals surface area contributed by atoms with Gasteiger partial charge in [0.05, 0.1) is 4.90 Å². The third kappa shape index (κ3) is 4.51. The van der Waals surface area contributed by atoms with E-state index in [4.69, 9.17) is 0 Å². The molecule has 41 heavy (non-hydrogen) atoms. The maximum absolute atomic E-state index is 13.1. The van der Waals surface area contributed by atoms with Gasteiger partial charge in [0.1, 0.15) is 5.82 Å². The quantitative estimate of drug-likeness (QED) is 0.495. The number of nitrogens with zero attached hydrogens (tertiary/aromatic N) is 4. The molecule has 5 aliphatic rings. The zero-order chi connectivity index (χ0) is 29.0. The summed E-state index contributed by atoms with van der Waals surface area (Å²) in [7, 11) is -5.34. The van der Waals surface area contributed by atoms with E-state index in [1.165, 1.54) is 12.1 Å². The first-order valence-corrected chi connectivity index (χ1v) is 15.4. The molecule has 0 atom stereocenters. The molecule has 8 nitrogen and oxygen atoms in total. The van der Waals surface area contributed by atoms with E-state index in [2.05, 4.69) is 15.2 Å². The summed E-state index contributed by atoms with van der Waals surface area (Å²) in [6.45, 7) is 2.84. The number of urea groups is 1. The van der Waals surface area contributed by atoms with Gasteiger partial charge in [0, 0.05) is 61.7 Å². The SMILES string of the molecule is O=C(N1CC2(CC(Cc3ccc(S(=O)(=O)C(F)(F)F)cc3)C2)C1)N1CC2(CC(c3nc(C4CC(F)(F)C4)n[nH]3)C2)C1. The summed E-state index contributed by atoms with van der Waals surface area (Å²) in [6, 6.07) is 4.98. The number of sulfone groups is 1. The summed E-state index contributed by atoms with van der Waals surface area (Å²) >= 11 is 0. The highest BCUT2D eigenvalue weighted by molar-refractivity contribution is 7.92. The number of nitrogens with one attached hydrogen (secondary N) is 1. The van der Waals surface area contributed by atoms with Crippen LogP contribution in [0.25, 0.3) is 0 Å². The zero-order valence-electron chi connectivity index (χ0n) is 22.1. The first kappa shape index (κ1) is 27.1. The zero-order valence-corrected chi connectivity index (χ0v) is 22.9. The molecule has 3 heterocycles. The third-order valence-corrected chi connectivity index (χ3v) is 11.4. The molecular weight excluding hydrogens is 569 g/mol. The van der Waals surface area contributed by atoms with Crippen LogP contribution in [0.1, 0.15) is 67.6 Å². The van der Waals surface area contributed by atoms with Gasteiger partial charge < -0.3 is 9.80 Å². The van der Waals surface area contributed by atoms with Gasteiger partial charge in [-0.1, -0.05) is 12.1 Å². The summed E-state index contributed by atoms with van der Waals surface area (Å²) in [6.07, 6.45) is 3.96. The van der Waals surface area contributed by atoms with Crippen molar-refractivity contribution in [3.8, 4) is 0 Å². The second-order valence-electron chi connectivity index (χ2n) is 13.2. The molecule has 1 aromatic carbocycles. The molecular formula is C27H30F5N5O3S. The average molecular weight is 600 g/mol. The Morgan fingerprint density at radius 2 is 1.46 bits per heavy atom. The normalized spacial score (nSPS) is 25.3. The molecule has 5 fully saturated rings. The third-order valence-electron chi connectivity index (χ3n) is 9.87. The maximum atomic E-state index is 13.1. The number of carbonyl (C=O) groups is 1. The van der Waals surface area contributed by atoms with Crippen molar-refractivity contribution in [3.63, 3.8) is 0 Å². The Bertz CT molecular complexity index is 1460. The van der Waals surface area contributed by atoms with Crippen molar-refractivity contribution in [2.45, 2.75) is 73.1 Å². The number of rotatable bonds is 5. The van der Waals surface area contributed by atoms with Crippen molar-refractivity contribution in [1.29, 1.82) is 0 Å². The van der Waals surface area contributed by atoms with Crippen molar-refractivity contribution in [2.75, 3.05) is 26.2 Å². The second-order valence-corrected chi connectivity index (χ2v) is 15.2. The van der Waals surface area contributed by atoms with Crippen LogP contribution < -0.4 is 0 Å². The standard InChI is InChI=1S/C27H30F5N5O3S/c28-26(29)10-19(11-26)22-33-21(34-35-22)18-8-25(9-18)14-37(15-25)23(38)36-12-24(13-36)6-17(7-24)5-16-1-3-20(4-2-16)41(39,40)27(30,31)32/h1-4,17-19H,5-15H2,(H,33,34,35). The lowest BCUT2D eigenvalue weighted by Crippen LogP contribution is -2.70. The van der Waals surface area contributed by atoms with Crippen molar-refractivity contribution in [3.05, 3.63) is 41.5 Å². The van der Waals surface area contributed by atoms with Crippen LogP contribution in [-0.4, -0.2) is 77.0 Å². The number of hydrogen-bond donors (Lipinski definition) is 1. The van der Waals surface area contributed by atoms with Gasteiger partial charge in [0.25, 0.3) is 9.84 Å². The first-order valence-electron chi connectivity index (χ1n) is 13.9. The molecule has 2 aliphatic heterocycles. The number of aromatic nitrogens is 3. The van der Waals surface area contributed by atoms with Crippen molar-refractivity contribution < 1.29 is 35.2 Å². The molecule has 222 valence electrons. The number of amides is 2. The van der Waals surface area contributed by atoms with E-state index in [-0.39, 0.29) is 41.5 Å². The fraction of sp³-hybridized carbons (Fsp3) is 0.667. The van der Waals surface area contributed by atoms with E-state index >= 15 is 0 Å². The number of likely N-dealkylation sites (tertiary alicyclic amines) is 2. The molecule has 0 bridgehead atoms. The van der Waals surface area contributed by atoms with Crippen LogP contribution in [0.3, 0.4) is 0 Å². The predicted octanol–water partition coefficient (Wildman–Crippen LogP) is 4.87. The van der Waals surface area contributed by atoms with Crippen LogP contribution in [0, 0.1) is 16.7 Å². The minimum Gasteiger partial charge on any atom is -0.323 e. The minimum absolute atomic E-state index is 0.0578. The van der Waals surface area contributed by atoms with Crippen molar-refractivity contribution >= 4 is 15.9 Å². The molecule has 14 heteroatoms. The lowest BCUT2D eigenvalue weighted by molar-refractivity contribution is -0.100. The van der Waals surface area contributed by atoms with Crippen LogP contribution in [-0.2, 0) is 16.3 Å². The molecule has 2 saturated heterocycles. The number of aromatic amines is 1. The van der Waals surface area contributed by atoms with Crippen LogP contribution in [0.4, 0.5) is 26.7 Å². The second kappa shape index (κ2) is 8.63. The highest BCUT2D eigenvalue weighted by Crippen LogP contribution is 2.57. The summed E-state index contributed by atoms with van der Waals surface area (Å²) < 4.78 is 87.6. The fourth-order valence-electron chi connectivity index (χ4n) is 7.77. The number of H-pyrrole nitrogens is 1. The Morgan fingerprint density at radius 3 is 2.00 bits per heavy atom. The molecule has 2 amide bonds. The van der Waals surface area contributed by atoms with E-state index in [0.717, 1.165) is 49.2 Å². The van der Waals surface area contributed by atoms with E-state index < -0.39 is 26.2 Å². The Kier molecular flexibility index (Phi) is 5.70. The molecule has 1 N–H and O–H groups in total. The Balaban J connectivity index is 0.829. The van der Waals surface area contributed by atoms with Crippen LogP contribution >= 0.6 is 0 Å². The number of halogens is 5. The van der Waals surface area contributed by atoms with Gasteiger partial charge in [-0.15, -0.1) is 0 Å². The number of alkyl halides is 5. The van der Waals surface area contributed by atoms with Gasteiger partial charge in [-0.2, -0.15) is 18.3 Å². The van der Waals surface area contributed by atoms with Gasteiger partial charge >= 0.3 is 11.5 Å².